The van der Waals surface area contributed by atoms with E-state index in [9.17, 15) is 4.79 Å². The molecule has 1 N–H and O–H groups in total. The fourth-order valence-electron chi connectivity index (χ4n) is 5.15. The molecule has 1 aliphatic rings. The zero-order valence-electron chi connectivity index (χ0n) is 21.0. The van der Waals surface area contributed by atoms with Crippen molar-refractivity contribution >= 4 is 39.9 Å². The van der Waals surface area contributed by atoms with Crippen molar-refractivity contribution in [3.8, 4) is 28.7 Å². The van der Waals surface area contributed by atoms with Crippen LogP contribution in [0.3, 0.4) is 0 Å². The van der Waals surface area contributed by atoms with E-state index in [4.69, 9.17) is 21.3 Å². The lowest BCUT2D eigenvalue weighted by Gasteiger charge is -2.32. The molecule has 6 rings (SSSR count). The summed E-state index contributed by atoms with van der Waals surface area (Å²) in [6.45, 7) is 0. The molecule has 1 amide bonds. The molecular formula is C28H24ClFN6O2S. The third-order valence-corrected chi connectivity index (χ3v) is 8.02. The quantitative estimate of drug-likeness (QED) is 0.260. The molecule has 1 saturated carbocycles. The van der Waals surface area contributed by atoms with Gasteiger partial charge in [0, 0.05) is 18.2 Å². The summed E-state index contributed by atoms with van der Waals surface area (Å²) in [5.74, 6) is 0.433. The van der Waals surface area contributed by atoms with Crippen molar-refractivity contribution in [3.63, 3.8) is 0 Å². The van der Waals surface area contributed by atoms with Gasteiger partial charge in [0.2, 0.25) is 5.88 Å². The molecule has 8 nitrogen and oxygen atoms in total. The van der Waals surface area contributed by atoms with Crippen molar-refractivity contribution in [3.05, 3.63) is 76.1 Å². The molecule has 39 heavy (non-hydrogen) atoms. The SMILES string of the molecule is COc1cccc(-c2cc3c(cn2)nc(-c2ccccc2F)n3[C@@H]2CCC[C@H](NC(=O)c3ncc(Cl)s3)C2)n1. The van der Waals surface area contributed by atoms with Crippen LogP contribution in [0.4, 0.5) is 4.39 Å². The molecule has 1 aromatic carbocycles. The van der Waals surface area contributed by atoms with Crippen molar-refractivity contribution in [2.24, 2.45) is 0 Å². The number of methoxy groups -OCH3 is 1. The summed E-state index contributed by atoms with van der Waals surface area (Å²) in [7, 11) is 1.57. The van der Waals surface area contributed by atoms with Gasteiger partial charge in [-0.2, -0.15) is 0 Å². The summed E-state index contributed by atoms with van der Waals surface area (Å²) in [4.78, 5) is 30.9. The van der Waals surface area contributed by atoms with Crippen LogP contribution in [0.15, 0.2) is 60.9 Å². The van der Waals surface area contributed by atoms with Crippen LogP contribution in [0.1, 0.15) is 41.5 Å². The highest BCUT2D eigenvalue weighted by Crippen LogP contribution is 2.37. The molecule has 4 heterocycles. The first-order valence-corrected chi connectivity index (χ1v) is 13.8. The predicted molar refractivity (Wildman–Crippen MR) is 149 cm³/mol. The monoisotopic (exact) mass is 562 g/mol. The second kappa shape index (κ2) is 10.7. The second-order valence-corrected chi connectivity index (χ2v) is 11.0. The molecule has 11 heteroatoms. The van der Waals surface area contributed by atoms with Gasteiger partial charge in [0.25, 0.3) is 5.91 Å². The third-order valence-electron chi connectivity index (χ3n) is 6.90. The largest absolute Gasteiger partial charge is 0.481 e. The number of benzene rings is 1. The maximum atomic E-state index is 15.1. The highest BCUT2D eigenvalue weighted by atomic mass is 35.5. The number of hydrogen-bond donors (Lipinski definition) is 1. The van der Waals surface area contributed by atoms with Gasteiger partial charge < -0.3 is 14.6 Å². The molecular weight excluding hydrogens is 539 g/mol. The number of amides is 1. The Bertz CT molecular complexity index is 1670. The highest BCUT2D eigenvalue weighted by molar-refractivity contribution is 7.17. The molecule has 0 spiro atoms. The zero-order chi connectivity index (χ0) is 26.9. The molecule has 0 radical (unpaired) electrons. The van der Waals surface area contributed by atoms with Gasteiger partial charge in [-0.3, -0.25) is 9.78 Å². The third kappa shape index (κ3) is 5.09. The van der Waals surface area contributed by atoms with E-state index in [1.807, 2.05) is 18.2 Å². The number of fused-ring (bicyclic) bond motifs is 1. The molecule has 1 aliphatic carbocycles. The number of hydrogen-bond acceptors (Lipinski definition) is 7. The predicted octanol–water partition coefficient (Wildman–Crippen LogP) is 6.33. The number of pyridine rings is 2. The van der Waals surface area contributed by atoms with Gasteiger partial charge in [0.15, 0.2) is 5.01 Å². The molecule has 0 saturated heterocycles. The van der Waals surface area contributed by atoms with Crippen molar-refractivity contribution in [1.82, 2.24) is 29.8 Å². The lowest BCUT2D eigenvalue weighted by Crippen LogP contribution is -2.39. The minimum absolute atomic E-state index is 0.0305. The van der Waals surface area contributed by atoms with Crippen LogP contribution >= 0.6 is 22.9 Å². The minimum Gasteiger partial charge on any atom is -0.481 e. The molecule has 0 unspecified atom stereocenters. The van der Waals surface area contributed by atoms with Crippen molar-refractivity contribution in [1.29, 1.82) is 0 Å². The molecule has 5 aromatic rings. The number of ether oxygens (including phenoxy) is 1. The fourth-order valence-corrected chi connectivity index (χ4v) is 5.96. The van der Waals surface area contributed by atoms with Crippen molar-refractivity contribution in [2.45, 2.75) is 37.8 Å². The smallest absolute Gasteiger partial charge is 0.280 e. The topological polar surface area (TPSA) is 94.8 Å². The van der Waals surface area contributed by atoms with E-state index in [2.05, 4.69) is 24.8 Å². The van der Waals surface area contributed by atoms with E-state index in [0.29, 0.717) is 49.9 Å². The molecule has 2 atom stereocenters. The number of aromatic nitrogens is 5. The van der Waals surface area contributed by atoms with E-state index in [-0.39, 0.29) is 23.8 Å². The number of nitrogens with one attached hydrogen (secondary N) is 1. The summed E-state index contributed by atoms with van der Waals surface area (Å²) < 4.78 is 22.9. The molecule has 4 aromatic heterocycles. The van der Waals surface area contributed by atoms with Crippen LogP contribution < -0.4 is 10.1 Å². The van der Waals surface area contributed by atoms with Gasteiger partial charge >= 0.3 is 0 Å². The summed E-state index contributed by atoms with van der Waals surface area (Å²) in [6, 6.07) is 14.0. The Hall–Kier alpha value is -3.89. The van der Waals surface area contributed by atoms with Crippen molar-refractivity contribution < 1.29 is 13.9 Å². The zero-order valence-corrected chi connectivity index (χ0v) is 22.5. The van der Waals surface area contributed by atoms with Crippen LogP contribution in [0.2, 0.25) is 4.34 Å². The maximum Gasteiger partial charge on any atom is 0.280 e. The van der Waals surface area contributed by atoms with Gasteiger partial charge in [0.05, 0.1) is 42.0 Å². The van der Waals surface area contributed by atoms with Gasteiger partial charge in [-0.1, -0.05) is 41.1 Å². The number of carbonyl (C=O) groups excluding carboxylic acids is 1. The van der Waals surface area contributed by atoms with Crippen molar-refractivity contribution in [2.75, 3.05) is 7.11 Å². The Morgan fingerprint density at radius 3 is 2.77 bits per heavy atom. The van der Waals surface area contributed by atoms with E-state index in [0.717, 1.165) is 36.1 Å². The number of imidazole rings is 1. The van der Waals surface area contributed by atoms with Gasteiger partial charge in [-0.15, -0.1) is 0 Å². The Kier molecular flexibility index (Phi) is 6.97. The van der Waals surface area contributed by atoms with Gasteiger partial charge in [-0.25, -0.2) is 19.3 Å². The first-order valence-electron chi connectivity index (χ1n) is 12.6. The number of nitrogens with zero attached hydrogens (tertiary/aromatic N) is 5. The normalized spacial score (nSPS) is 17.3. The van der Waals surface area contributed by atoms with Crippen LogP contribution in [0.25, 0.3) is 33.8 Å². The number of carbonyl (C=O) groups is 1. The summed E-state index contributed by atoms with van der Waals surface area (Å²) in [5.41, 5.74) is 3.21. The van der Waals surface area contributed by atoms with Crippen LogP contribution in [-0.2, 0) is 0 Å². The summed E-state index contributed by atoms with van der Waals surface area (Å²) in [6.07, 6.45) is 6.42. The van der Waals surface area contributed by atoms with Gasteiger partial charge in [-0.05, 0) is 49.9 Å². The van der Waals surface area contributed by atoms with Gasteiger partial charge in [0.1, 0.15) is 21.5 Å². The fraction of sp³-hybridized carbons (Fsp3) is 0.250. The average molecular weight is 563 g/mol. The van der Waals surface area contributed by atoms with Crippen LogP contribution in [0, 0.1) is 5.82 Å². The summed E-state index contributed by atoms with van der Waals surface area (Å²) in [5, 5.41) is 3.45. The number of rotatable bonds is 6. The Morgan fingerprint density at radius 2 is 1.97 bits per heavy atom. The number of halogens is 2. The standard InChI is InChI=1S/C28H24ClFN6O2S/c1-38-25-11-5-10-20(34-25)21-13-23-22(14-31-21)35-26(18-8-2-3-9-19(18)30)36(23)17-7-4-6-16(12-17)33-27(37)28-32-15-24(29)39-28/h2-3,5,8-11,13-17H,4,6-7,12H2,1H3,(H,33,37)/t16-,17+/m0/s1. The second-order valence-electron chi connectivity index (χ2n) is 9.37. The molecule has 198 valence electrons. The molecule has 0 aliphatic heterocycles. The Balaban J connectivity index is 1.41. The summed E-state index contributed by atoms with van der Waals surface area (Å²) >= 11 is 7.13. The maximum absolute atomic E-state index is 15.1. The first kappa shape index (κ1) is 25.4. The van der Waals surface area contributed by atoms with E-state index in [1.54, 1.807) is 37.6 Å². The highest BCUT2D eigenvalue weighted by Gasteiger charge is 2.29. The lowest BCUT2D eigenvalue weighted by atomic mass is 9.90. The van der Waals surface area contributed by atoms with Crippen LogP contribution in [-0.4, -0.2) is 43.6 Å². The molecule has 0 bridgehead atoms. The first-order chi connectivity index (χ1) is 19.0. The van der Waals surface area contributed by atoms with E-state index >= 15 is 4.39 Å². The number of thiazole rings is 1. The lowest BCUT2D eigenvalue weighted by molar-refractivity contribution is 0.0920. The Labute approximate surface area is 232 Å². The molecule has 1 fully saturated rings. The van der Waals surface area contributed by atoms with Crippen LogP contribution in [0.5, 0.6) is 5.88 Å². The average Bonchev–Trinajstić information content (AvgIpc) is 3.57. The van der Waals surface area contributed by atoms with E-state index in [1.165, 1.54) is 12.3 Å². The van der Waals surface area contributed by atoms with E-state index < -0.39 is 0 Å². The minimum atomic E-state index is -0.349. The Morgan fingerprint density at radius 1 is 1.10 bits per heavy atom.